The van der Waals surface area contributed by atoms with Crippen LogP contribution in [0.25, 0.3) is 10.1 Å². The molecule has 140 valence electrons. The van der Waals surface area contributed by atoms with E-state index in [2.05, 4.69) is 10.4 Å². The number of amides is 1. The molecule has 1 N–H and O–H groups in total. The Hall–Kier alpha value is -3.32. The standard InChI is InChI=1S/C21H17N3O3S/c25-21(20-9-14-5-1-4-8-19(14)28-20)23-15-10-22-24(11-15)12-16-13-26-17-6-2-3-7-18(17)27-16/h1-11,16H,12-13H2,(H,23,25). The van der Waals surface area contributed by atoms with E-state index in [1.54, 1.807) is 17.1 Å². The number of hydrogen-bond acceptors (Lipinski definition) is 5. The number of nitrogens with zero attached hydrogens (tertiary/aromatic N) is 2. The Morgan fingerprint density at radius 1 is 1.18 bits per heavy atom. The third kappa shape index (κ3) is 3.32. The van der Waals surface area contributed by atoms with E-state index >= 15 is 0 Å². The molecule has 0 radical (unpaired) electrons. The lowest BCUT2D eigenvalue weighted by atomic mass is 10.2. The number of thiophene rings is 1. The van der Waals surface area contributed by atoms with Gasteiger partial charge in [-0.1, -0.05) is 30.3 Å². The van der Waals surface area contributed by atoms with Crippen LogP contribution in [0.5, 0.6) is 11.5 Å². The molecule has 0 fully saturated rings. The highest BCUT2D eigenvalue weighted by Gasteiger charge is 2.21. The second-order valence-corrected chi connectivity index (χ2v) is 7.64. The molecule has 7 heteroatoms. The van der Waals surface area contributed by atoms with E-state index in [-0.39, 0.29) is 12.0 Å². The van der Waals surface area contributed by atoms with Gasteiger partial charge in [-0.05, 0) is 29.7 Å². The van der Waals surface area contributed by atoms with E-state index in [1.165, 1.54) is 11.3 Å². The van der Waals surface area contributed by atoms with Gasteiger partial charge in [-0.2, -0.15) is 5.10 Å². The van der Waals surface area contributed by atoms with Crippen LogP contribution in [-0.4, -0.2) is 28.4 Å². The predicted molar refractivity (Wildman–Crippen MR) is 108 cm³/mol. The molecule has 1 unspecified atom stereocenters. The van der Waals surface area contributed by atoms with Crippen LogP contribution in [0.2, 0.25) is 0 Å². The molecule has 6 nitrogen and oxygen atoms in total. The largest absolute Gasteiger partial charge is 0.486 e. The summed E-state index contributed by atoms with van der Waals surface area (Å²) in [6.45, 7) is 0.993. The Balaban J connectivity index is 1.24. The SMILES string of the molecule is O=C(Nc1cnn(CC2COc3ccccc3O2)c1)c1cc2ccccc2s1. The normalized spacial score (nSPS) is 15.5. The average molecular weight is 391 g/mol. The maximum absolute atomic E-state index is 12.5. The zero-order chi connectivity index (χ0) is 18.9. The molecular weight excluding hydrogens is 374 g/mol. The summed E-state index contributed by atoms with van der Waals surface area (Å²) in [7, 11) is 0. The van der Waals surface area contributed by atoms with E-state index in [0.717, 1.165) is 21.6 Å². The quantitative estimate of drug-likeness (QED) is 0.567. The van der Waals surface area contributed by atoms with E-state index < -0.39 is 0 Å². The number of nitrogens with one attached hydrogen (secondary N) is 1. The number of benzene rings is 2. The first-order chi connectivity index (χ1) is 13.7. The van der Waals surface area contributed by atoms with Crippen molar-refractivity contribution < 1.29 is 14.3 Å². The van der Waals surface area contributed by atoms with Crippen LogP contribution < -0.4 is 14.8 Å². The highest BCUT2D eigenvalue weighted by molar-refractivity contribution is 7.20. The summed E-state index contributed by atoms with van der Waals surface area (Å²) >= 11 is 1.48. The zero-order valence-electron chi connectivity index (χ0n) is 14.9. The van der Waals surface area contributed by atoms with Gasteiger partial charge in [0.2, 0.25) is 0 Å². The highest BCUT2D eigenvalue weighted by atomic mass is 32.1. The monoisotopic (exact) mass is 391 g/mol. The Kier molecular flexibility index (Phi) is 4.21. The fourth-order valence-electron chi connectivity index (χ4n) is 3.18. The summed E-state index contributed by atoms with van der Waals surface area (Å²) in [5.74, 6) is 1.37. The van der Waals surface area contributed by atoms with Crippen LogP contribution in [0, 0.1) is 0 Å². The summed E-state index contributed by atoms with van der Waals surface area (Å²) in [4.78, 5) is 13.2. The van der Waals surface area contributed by atoms with Crippen molar-refractivity contribution in [3.05, 3.63) is 71.9 Å². The molecule has 0 spiro atoms. The van der Waals surface area contributed by atoms with Crippen molar-refractivity contribution in [3.63, 3.8) is 0 Å². The minimum atomic E-state index is -0.138. The number of rotatable bonds is 4. The maximum atomic E-state index is 12.5. The lowest BCUT2D eigenvalue weighted by Crippen LogP contribution is -2.33. The highest BCUT2D eigenvalue weighted by Crippen LogP contribution is 2.31. The summed E-state index contributed by atoms with van der Waals surface area (Å²) in [5, 5.41) is 8.31. The first-order valence-corrected chi connectivity index (χ1v) is 9.77. The lowest BCUT2D eigenvalue weighted by molar-refractivity contribution is 0.0759. The Bertz CT molecular complexity index is 1120. The van der Waals surface area contributed by atoms with E-state index in [1.807, 2.05) is 54.6 Å². The van der Waals surface area contributed by atoms with Crippen molar-refractivity contribution in [3.8, 4) is 11.5 Å². The molecule has 3 heterocycles. The molecule has 2 aromatic heterocycles. The van der Waals surface area contributed by atoms with Crippen molar-refractivity contribution in [2.24, 2.45) is 0 Å². The number of anilines is 1. The number of aromatic nitrogens is 2. The van der Waals surface area contributed by atoms with Crippen molar-refractivity contribution >= 4 is 33.0 Å². The van der Waals surface area contributed by atoms with Gasteiger partial charge in [-0.25, -0.2) is 0 Å². The molecule has 0 saturated carbocycles. The first kappa shape index (κ1) is 16.8. The Morgan fingerprint density at radius 3 is 2.89 bits per heavy atom. The average Bonchev–Trinajstić information content (AvgIpc) is 3.34. The second-order valence-electron chi connectivity index (χ2n) is 6.55. The van der Waals surface area contributed by atoms with E-state index in [4.69, 9.17) is 9.47 Å². The Labute approximate surface area is 165 Å². The third-order valence-corrected chi connectivity index (χ3v) is 5.61. The van der Waals surface area contributed by atoms with Crippen LogP contribution in [-0.2, 0) is 6.54 Å². The van der Waals surface area contributed by atoms with Crippen LogP contribution in [0.1, 0.15) is 9.67 Å². The number of hydrogen-bond donors (Lipinski definition) is 1. The topological polar surface area (TPSA) is 65.4 Å². The first-order valence-electron chi connectivity index (χ1n) is 8.95. The summed E-state index contributed by atoms with van der Waals surface area (Å²) < 4.78 is 14.5. The molecular formula is C21H17N3O3S. The summed E-state index contributed by atoms with van der Waals surface area (Å²) in [6.07, 6.45) is 3.30. The summed E-state index contributed by atoms with van der Waals surface area (Å²) in [6, 6.07) is 17.5. The fraction of sp³-hybridized carbons (Fsp3) is 0.143. The van der Waals surface area contributed by atoms with Gasteiger partial charge in [0.25, 0.3) is 5.91 Å². The summed E-state index contributed by atoms with van der Waals surface area (Å²) in [5.41, 5.74) is 0.652. The van der Waals surface area contributed by atoms with Gasteiger partial charge < -0.3 is 14.8 Å². The van der Waals surface area contributed by atoms with Gasteiger partial charge in [-0.3, -0.25) is 9.48 Å². The van der Waals surface area contributed by atoms with Crippen LogP contribution in [0.4, 0.5) is 5.69 Å². The fourth-order valence-corrected chi connectivity index (χ4v) is 4.13. The van der Waals surface area contributed by atoms with Crippen LogP contribution >= 0.6 is 11.3 Å². The van der Waals surface area contributed by atoms with Gasteiger partial charge in [0, 0.05) is 10.9 Å². The van der Waals surface area contributed by atoms with Crippen molar-refractivity contribution in [1.82, 2.24) is 9.78 Å². The van der Waals surface area contributed by atoms with Gasteiger partial charge >= 0.3 is 0 Å². The molecule has 0 saturated heterocycles. The van der Waals surface area contributed by atoms with Crippen molar-refractivity contribution in [2.45, 2.75) is 12.6 Å². The lowest BCUT2D eigenvalue weighted by Gasteiger charge is -2.26. The Morgan fingerprint density at radius 2 is 2.00 bits per heavy atom. The molecule has 1 amide bonds. The second kappa shape index (κ2) is 7.01. The molecule has 1 atom stereocenters. The molecule has 2 aromatic carbocycles. The van der Waals surface area contributed by atoms with Gasteiger partial charge in [0.1, 0.15) is 6.61 Å². The predicted octanol–water partition coefficient (Wildman–Crippen LogP) is 4.19. The smallest absolute Gasteiger partial charge is 0.265 e. The van der Waals surface area contributed by atoms with Crippen LogP contribution in [0.15, 0.2) is 67.0 Å². The van der Waals surface area contributed by atoms with Gasteiger partial charge in [0.05, 0.1) is 23.3 Å². The number of para-hydroxylation sites is 2. The van der Waals surface area contributed by atoms with Gasteiger partial charge in [0.15, 0.2) is 17.6 Å². The molecule has 0 aliphatic carbocycles. The number of carbonyl (C=O) groups excluding carboxylic acids is 1. The number of ether oxygens (including phenoxy) is 2. The number of fused-ring (bicyclic) bond motifs is 2. The molecule has 4 aromatic rings. The van der Waals surface area contributed by atoms with Crippen molar-refractivity contribution in [2.75, 3.05) is 11.9 Å². The van der Waals surface area contributed by atoms with E-state index in [0.29, 0.717) is 23.7 Å². The minimum Gasteiger partial charge on any atom is -0.486 e. The van der Waals surface area contributed by atoms with Gasteiger partial charge in [-0.15, -0.1) is 11.3 Å². The maximum Gasteiger partial charge on any atom is 0.265 e. The molecule has 5 rings (SSSR count). The minimum absolute atomic E-state index is 0.132. The van der Waals surface area contributed by atoms with E-state index in [9.17, 15) is 4.79 Å². The number of carbonyl (C=O) groups is 1. The molecule has 0 bridgehead atoms. The molecule has 28 heavy (non-hydrogen) atoms. The van der Waals surface area contributed by atoms with Crippen LogP contribution in [0.3, 0.4) is 0 Å². The molecule has 1 aliphatic heterocycles. The molecule has 1 aliphatic rings. The third-order valence-electron chi connectivity index (χ3n) is 4.50. The van der Waals surface area contributed by atoms with Crippen molar-refractivity contribution in [1.29, 1.82) is 0 Å². The zero-order valence-corrected chi connectivity index (χ0v) is 15.7.